The highest BCUT2D eigenvalue weighted by Gasteiger charge is 2.18. The van der Waals surface area contributed by atoms with E-state index in [0.717, 1.165) is 10.4 Å². The number of rotatable bonds is 9. The molecule has 1 atom stereocenters. The molecule has 0 saturated heterocycles. The van der Waals surface area contributed by atoms with Crippen LogP contribution in [-0.2, 0) is 14.3 Å². The summed E-state index contributed by atoms with van der Waals surface area (Å²) in [5, 5.41) is 4.71. The summed E-state index contributed by atoms with van der Waals surface area (Å²) in [6, 6.07) is 14.3. The first-order chi connectivity index (χ1) is 15.5. The Morgan fingerprint density at radius 3 is 2.53 bits per heavy atom. The predicted molar refractivity (Wildman–Crippen MR) is 120 cm³/mol. The number of halogens is 1. The Bertz CT molecular complexity index is 1080. The first kappa shape index (κ1) is 23.0. The zero-order chi connectivity index (χ0) is 22.9. The van der Waals surface area contributed by atoms with E-state index in [9.17, 15) is 14.0 Å². The Labute approximate surface area is 189 Å². The van der Waals surface area contributed by atoms with Crippen molar-refractivity contribution in [2.24, 2.45) is 0 Å². The van der Waals surface area contributed by atoms with Crippen molar-refractivity contribution in [3.63, 3.8) is 0 Å². The van der Waals surface area contributed by atoms with E-state index in [1.165, 1.54) is 42.7 Å². The van der Waals surface area contributed by atoms with Crippen molar-refractivity contribution < 1.29 is 28.2 Å². The molecule has 166 valence electrons. The molecule has 8 heteroatoms. The van der Waals surface area contributed by atoms with E-state index in [1.54, 1.807) is 37.4 Å². The highest BCUT2D eigenvalue weighted by atomic mass is 32.1. The highest BCUT2D eigenvalue weighted by Crippen LogP contribution is 2.27. The Kier molecular flexibility index (Phi) is 7.99. The summed E-state index contributed by atoms with van der Waals surface area (Å²) < 4.78 is 28.8. The fourth-order valence-electron chi connectivity index (χ4n) is 2.93. The standard InChI is InChI=1S/C24H22FNO5S/c1-29-19-11-7-16(20(14-19)30-2)8-12-23(28)31-15-22(27)26-24(21-4-3-13-32-21)17-5-9-18(25)10-6-17/h3-14,24H,15H2,1-2H3,(H,26,27)/b12-8+. The van der Waals surface area contributed by atoms with Crippen LogP contribution in [-0.4, -0.2) is 32.7 Å². The summed E-state index contributed by atoms with van der Waals surface area (Å²) >= 11 is 1.46. The predicted octanol–water partition coefficient (Wildman–Crippen LogP) is 4.37. The average Bonchev–Trinajstić information content (AvgIpc) is 3.35. The minimum Gasteiger partial charge on any atom is -0.497 e. The van der Waals surface area contributed by atoms with Crippen molar-refractivity contribution in [1.82, 2.24) is 5.32 Å². The number of methoxy groups -OCH3 is 2. The third-order valence-corrected chi connectivity index (χ3v) is 5.46. The molecule has 0 spiro atoms. The molecular formula is C24H22FNO5S. The van der Waals surface area contributed by atoms with Crippen LogP contribution in [0.2, 0.25) is 0 Å². The lowest BCUT2D eigenvalue weighted by Crippen LogP contribution is -2.32. The van der Waals surface area contributed by atoms with E-state index in [1.807, 2.05) is 17.5 Å². The Balaban J connectivity index is 1.60. The molecule has 0 saturated carbocycles. The summed E-state index contributed by atoms with van der Waals surface area (Å²) in [6.45, 7) is -0.452. The average molecular weight is 456 g/mol. The summed E-state index contributed by atoms with van der Waals surface area (Å²) in [5.74, 6) is -0.355. The minimum absolute atomic E-state index is 0.362. The van der Waals surface area contributed by atoms with Crippen molar-refractivity contribution in [1.29, 1.82) is 0 Å². The second kappa shape index (κ2) is 11.1. The van der Waals surface area contributed by atoms with Gasteiger partial charge in [-0.05, 0) is 47.4 Å². The lowest BCUT2D eigenvalue weighted by atomic mass is 10.1. The summed E-state index contributed by atoms with van der Waals surface area (Å²) in [7, 11) is 3.06. The molecule has 1 heterocycles. The number of nitrogens with one attached hydrogen (secondary N) is 1. The number of amides is 1. The van der Waals surface area contributed by atoms with Gasteiger partial charge in [0.05, 0.1) is 20.3 Å². The lowest BCUT2D eigenvalue weighted by Gasteiger charge is -2.18. The van der Waals surface area contributed by atoms with E-state index in [2.05, 4.69) is 5.32 Å². The van der Waals surface area contributed by atoms with Crippen LogP contribution in [0.4, 0.5) is 4.39 Å². The van der Waals surface area contributed by atoms with Crippen molar-refractivity contribution in [2.45, 2.75) is 6.04 Å². The van der Waals surface area contributed by atoms with Gasteiger partial charge in [0.1, 0.15) is 17.3 Å². The van der Waals surface area contributed by atoms with Crippen LogP contribution in [0.15, 0.2) is 66.1 Å². The van der Waals surface area contributed by atoms with Crippen molar-refractivity contribution >= 4 is 29.3 Å². The fraction of sp³-hybridized carbons (Fsp3) is 0.167. The SMILES string of the molecule is COc1ccc(/C=C/C(=O)OCC(=O)NC(c2ccc(F)cc2)c2cccs2)c(OC)c1. The van der Waals surface area contributed by atoms with Gasteiger partial charge in [0, 0.05) is 22.6 Å². The van der Waals surface area contributed by atoms with Crippen LogP contribution in [0.25, 0.3) is 6.08 Å². The van der Waals surface area contributed by atoms with E-state index >= 15 is 0 Å². The van der Waals surface area contributed by atoms with Crippen LogP contribution in [0.3, 0.4) is 0 Å². The maximum absolute atomic E-state index is 13.3. The quantitative estimate of drug-likeness (QED) is 0.383. The van der Waals surface area contributed by atoms with Crippen LogP contribution in [0, 0.1) is 5.82 Å². The van der Waals surface area contributed by atoms with Gasteiger partial charge in [0.15, 0.2) is 6.61 Å². The highest BCUT2D eigenvalue weighted by molar-refractivity contribution is 7.10. The fourth-order valence-corrected chi connectivity index (χ4v) is 3.73. The van der Waals surface area contributed by atoms with Crippen LogP contribution < -0.4 is 14.8 Å². The Morgan fingerprint density at radius 1 is 1.09 bits per heavy atom. The molecule has 0 fully saturated rings. The van der Waals surface area contributed by atoms with E-state index in [0.29, 0.717) is 17.1 Å². The number of hydrogen-bond donors (Lipinski definition) is 1. The first-order valence-electron chi connectivity index (χ1n) is 9.65. The monoisotopic (exact) mass is 455 g/mol. The molecule has 0 aliphatic heterocycles. The number of carbonyl (C=O) groups is 2. The van der Waals surface area contributed by atoms with Crippen molar-refractivity contribution in [2.75, 3.05) is 20.8 Å². The third-order valence-electron chi connectivity index (χ3n) is 4.52. The number of carbonyl (C=O) groups excluding carboxylic acids is 2. The van der Waals surface area contributed by atoms with Crippen molar-refractivity contribution in [3.05, 3.63) is 87.9 Å². The van der Waals surface area contributed by atoms with Gasteiger partial charge in [-0.15, -0.1) is 11.3 Å². The minimum atomic E-state index is -0.674. The maximum Gasteiger partial charge on any atom is 0.331 e. The van der Waals surface area contributed by atoms with E-state index < -0.39 is 24.5 Å². The van der Waals surface area contributed by atoms with Crippen LogP contribution in [0.1, 0.15) is 22.0 Å². The van der Waals surface area contributed by atoms with Gasteiger partial charge in [-0.25, -0.2) is 9.18 Å². The van der Waals surface area contributed by atoms with Gasteiger partial charge in [-0.2, -0.15) is 0 Å². The van der Waals surface area contributed by atoms with E-state index in [4.69, 9.17) is 14.2 Å². The smallest absolute Gasteiger partial charge is 0.331 e. The number of esters is 1. The van der Waals surface area contributed by atoms with Gasteiger partial charge >= 0.3 is 5.97 Å². The Hall–Kier alpha value is -3.65. The second-order valence-electron chi connectivity index (χ2n) is 6.62. The molecule has 3 aromatic rings. The number of benzene rings is 2. The van der Waals surface area contributed by atoms with Gasteiger partial charge in [0.2, 0.25) is 0 Å². The van der Waals surface area contributed by atoms with Crippen molar-refractivity contribution in [3.8, 4) is 11.5 Å². The van der Waals surface area contributed by atoms with Gasteiger partial charge in [-0.3, -0.25) is 4.79 Å². The zero-order valence-electron chi connectivity index (χ0n) is 17.5. The largest absolute Gasteiger partial charge is 0.497 e. The lowest BCUT2D eigenvalue weighted by molar-refractivity contribution is -0.143. The molecule has 1 amide bonds. The summed E-state index contributed by atoms with van der Waals surface area (Å²) in [4.78, 5) is 25.4. The molecular weight excluding hydrogens is 433 g/mol. The van der Waals surface area contributed by atoms with E-state index in [-0.39, 0.29) is 5.82 Å². The maximum atomic E-state index is 13.3. The second-order valence-corrected chi connectivity index (χ2v) is 7.60. The normalized spacial score (nSPS) is 11.7. The molecule has 0 bridgehead atoms. The molecule has 3 rings (SSSR count). The zero-order valence-corrected chi connectivity index (χ0v) is 18.4. The number of thiophene rings is 1. The third kappa shape index (κ3) is 6.18. The number of hydrogen-bond acceptors (Lipinski definition) is 6. The molecule has 0 aliphatic carbocycles. The van der Waals surface area contributed by atoms with Gasteiger partial charge in [0.25, 0.3) is 5.91 Å². The summed E-state index contributed by atoms with van der Waals surface area (Å²) in [6.07, 6.45) is 2.75. The number of ether oxygens (including phenoxy) is 3. The molecule has 6 nitrogen and oxygen atoms in total. The first-order valence-corrected chi connectivity index (χ1v) is 10.5. The van der Waals surface area contributed by atoms with Gasteiger partial charge in [-0.1, -0.05) is 18.2 Å². The molecule has 1 unspecified atom stereocenters. The molecule has 0 aliphatic rings. The molecule has 32 heavy (non-hydrogen) atoms. The summed E-state index contributed by atoms with van der Waals surface area (Å²) in [5.41, 5.74) is 1.38. The topological polar surface area (TPSA) is 73.9 Å². The van der Waals surface area contributed by atoms with Crippen LogP contribution in [0.5, 0.6) is 11.5 Å². The Morgan fingerprint density at radius 2 is 1.88 bits per heavy atom. The molecule has 0 radical (unpaired) electrons. The van der Waals surface area contributed by atoms with Crippen LogP contribution >= 0.6 is 11.3 Å². The molecule has 1 aromatic heterocycles. The molecule has 2 aromatic carbocycles. The van der Waals surface area contributed by atoms with Gasteiger partial charge < -0.3 is 19.5 Å². The molecule has 1 N–H and O–H groups in total.